The van der Waals surface area contributed by atoms with Crippen LogP contribution in [0.25, 0.3) is 0 Å². The minimum atomic E-state index is -0.640. The van der Waals surface area contributed by atoms with Gasteiger partial charge in [-0.05, 0) is 6.92 Å². The molecule has 98 valence electrons. The van der Waals surface area contributed by atoms with Crippen molar-refractivity contribution in [1.82, 2.24) is 10.3 Å². The molecule has 1 rings (SSSR count). The van der Waals surface area contributed by atoms with Crippen LogP contribution in [0.5, 0.6) is 0 Å². The van der Waals surface area contributed by atoms with Gasteiger partial charge in [-0.25, -0.2) is 4.98 Å². The lowest BCUT2D eigenvalue weighted by molar-refractivity contribution is -0.385. The van der Waals surface area contributed by atoms with Gasteiger partial charge in [-0.3, -0.25) is 14.9 Å². The molecule has 0 saturated heterocycles. The third kappa shape index (κ3) is 3.64. The van der Waals surface area contributed by atoms with Crippen molar-refractivity contribution < 1.29 is 14.5 Å². The van der Waals surface area contributed by atoms with E-state index in [9.17, 15) is 14.9 Å². The number of aromatic nitrogens is 1. The predicted molar refractivity (Wildman–Crippen MR) is 64.7 cm³/mol. The summed E-state index contributed by atoms with van der Waals surface area (Å²) in [6.07, 6.45) is 0.998. The highest BCUT2D eigenvalue weighted by Crippen LogP contribution is 2.19. The number of carbonyl (C=O) groups is 1. The predicted octanol–water partition coefficient (Wildman–Crippen LogP) is 1.41. The molecule has 8 heteroatoms. The van der Waals surface area contributed by atoms with E-state index in [4.69, 9.17) is 16.3 Å². The maximum Gasteiger partial charge on any atom is 0.288 e. The molecule has 1 aromatic heterocycles. The van der Waals surface area contributed by atoms with Crippen LogP contribution >= 0.6 is 11.6 Å². The summed E-state index contributed by atoms with van der Waals surface area (Å²) in [7, 11) is 1.50. The Morgan fingerprint density at radius 2 is 2.39 bits per heavy atom. The van der Waals surface area contributed by atoms with Crippen LogP contribution in [-0.4, -0.2) is 35.6 Å². The molecule has 0 aliphatic rings. The normalized spacial score (nSPS) is 11.9. The van der Waals surface area contributed by atoms with E-state index in [0.717, 1.165) is 12.3 Å². The fourth-order valence-corrected chi connectivity index (χ4v) is 1.48. The zero-order valence-corrected chi connectivity index (χ0v) is 10.6. The summed E-state index contributed by atoms with van der Waals surface area (Å²) in [5, 5.41) is 13.1. The number of nitrogens with one attached hydrogen (secondary N) is 1. The number of hydrogen-bond acceptors (Lipinski definition) is 5. The largest absolute Gasteiger partial charge is 0.383 e. The van der Waals surface area contributed by atoms with Crippen molar-refractivity contribution in [3.8, 4) is 0 Å². The Kier molecular flexibility index (Phi) is 4.99. The van der Waals surface area contributed by atoms with E-state index in [1.807, 2.05) is 0 Å². The Morgan fingerprint density at radius 3 is 2.94 bits per heavy atom. The van der Waals surface area contributed by atoms with Crippen molar-refractivity contribution in [3.05, 3.63) is 33.1 Å². The average Bonchev–Trinajstić information content (AvgIpc) is 2.29. The van der Waals surface area contributed by atoms with Gasteiger partial charge >= 0.3 is 0 Å². The van der Waals surface area contributed by atoms with Crippen LogP contribution in [-0.2, 0) is 4.74 Å². The minimum absolute atomic E-state index is 0.0335. The summed E-state index contributed by atoms with van der Waals surface area (Å²) in [5.41, 5.74) is -0.322. The van der Waals surface area contributed by atoms with E-state index in [2.05, 4.69) is 10.3 Å². The van der Waals surface area contributed by atoms with Gasteiger partial charge in [0.2, 0.25) is 0 Å². The first-order valence-electron chi connectivity index (χ1n) is 5.05. The van der Waals surface area contributed by atoms with Gasteiger partial charge in [-0.15, -0.1) is 0 Å². The molecule has 18 heavy (non-hydrogen) atoms. The number of halogens is 1. The van der Waals surface area contributed by atoms with Gasteiger partial charge < -0.3 is 10.1 Å². The fourth-order valence-electron chi connectivity index (χ4n) is 1.29. The monoisotopic (exact) mass is 273 g/mol. The Morgan fingerprint density at radius 1 is 1.72 bits per heavy atom. The van der Waals surface area contributed by atoms with Crippen molar-refractivity contribution in [2.45, 2.75) is 13.0 Å². The van der Waals surface area contributed by atoms with Gasteiger partial charge in [0.05, 0.1) is 17.1 Å². The summed E-state index contributed by atoms with van der Waals surface area (Å²) in [6, 6.07) is 0.849. The second kappa shape index (κ2) is 6.27. The zero-order chi connectivity index (χ0) is 13.7. The zero-order valence-electron chi connectivity index (χ0n) is 9.84. The Hall–Kier alpha value is -1.73. The summed E-state index contributed by atoms with van der Waals surface area (Å²) in [4.78, 5) is 25.4. The van der Waals surface area contributed by atoms with E-state index in [-0.39, 0.29) is 22.4 Å². The fraction of sp³-hybridized carbons (Fsp3) is 0.400. The maximum absolute atomic E-state index is 11.8. The van der Waals surface area contributed by atoms with Crippen LogP contribution < -0.4 is 5.32 Å². The van der Waals surface area contributed by atoms with Crippen LogP contribution in [0.3, 0.4) is 0 Å². The molecule has 0 aliphatic carbocycles. The highest BCUT2D eigenvalue weighted by Gasteiger charge is 2.18. The SMILES string of the molecule is COCC(C)NC(=O)c1cc([N+](=O)[O-])cnc1Cl. The summed E-state index contributed by atoms with van der Waals surface area (Å²) < 4.78 is 4.86. The average molecular weight is 274 g/mol. The smallest absolute Gasteiger partial charge is 0.288 e. The Bertz CT molecular complexity index is 466. The Labute approximate surface area is 108 Å². The third-order valence-electron chi connectivity index (χ3n) is 2.07. The van der Waals surface area contributed by atoms with Crippen LogP contribution in [0.1, 0.15) is 17.3 Å². The highest BCUT2D eigenvalue weighted by atomic mass is 35.5. The summed E-state index contributed by atoms with van der Waals surface area (Å²) in [5.74, 6) is -0.527. The molecule has 1 amide bonds. The van der Waals surface area contributed by atoms with Gasteiger partial charge in [0, 0.05) is 19.2 Å². The van der Waals surface area contributed by atoms with Gasteiger partial charge in [0.15, 0.2) is 0 Å². The second-order valence-corrected chi connectivity index (χ2v) is 3.98. The Balaban J connectivity index is 2.91. The van der Waals surface area contributed by atoms with Gasteiger partial charge in [0.25, 0.3) is 11.6 Å². The molecular formula is C10H12ClN3O4. The van der Waals surface area contributed by atoms with E-state index >= 15 is 0 Å². The number of ether oxygens (including phenoxy) is 1. The van der Waals surface area contributed by atoms with Crippen LogP contribution in [0, 0.1) is 10.1 Å². The van der Waals surface area contributed by atoms with E-state index < -0.39 is 10.8 Å². The minimum Gasteiger partial charge on any atom is -0.383 e. The quantitative estimate of drug-likeness (QED) is 0.497. The van der Waals surface area contributed by atoms with Gasteiger partial charge in [-0.2, -0.15) is 0 Å². The number of methoxy groups -OCH3 is 1. The van der Waals surface area contributed by atoms with E-state index in [1.165, 1.54) is 7.11 Å². The first-order valence-corrected chi connectivity index (χ1v) is 5.43. The number of hydrogen-bond donors (Lipinski definition) is 1. The van der Waals surface area contributed by atoms with Crippen molar-refractivity contribution >= 4 is 23.2 Å². The van der Waals surface area contributed by atoms with Crippen molar-refractivity contribution in [1.29, 1.82) is 0 Å². The third-order valence-corrected chi connectivity index (χ3v) is 2.38. The number of nitro groups is 1. The van der Waals surface area contributed by atoms with E-state index in [0.29, 0.717) is 6.61 Å². The van der Waals surface area contributed by atoms with Gasteiger partial charge in [0.1, 0.15) is 11.3 Å². The molecule has 1 N–H and O–H groups in total. The topological polar surface area (TPSA) is 94.4 Å². The summed E-state index contributed by atoms with van der Waals surface area (Å²) in [6.45, 7) is 2.06. The molecule has 0 radical (unpaired) electrons. The lowest BCUT2D eigenvalue weighted by atomic mass is 10.2. The van der Waals surface area contributed by atoms with Crippen molar-refractivity contribution in [3.63, 3.8) is 0 Å². The molecule has 1 heterocycles. The van der Waals surface area contributed by atoms with Crippen molar-refractivity contribution in [2.75, 3.05) is 13.7 Å². The standard InChI is InChI=1S/C10H12ClN3O4/c1-6(5-18-2)13-10(15)8-3-7(14(16)17)4-12-9(8)11/h3-4,6H,5H2,1-2H3,(H,13,15). The number of nitrogens with zero attached hydrogens (tertiary/aromatic N) is 2. The molecule has 0 spiro atoms. The second-order valence-electron chi connectivity index (χ2n) is 3.62. The molecule has 0 aromatic carbocycles. The molecule has 0 saturated carbocycles. The lowest BCUT2D eigenvalue weighted by Crippen LogP contribution is -2.35. The number of carbonyl (C=O) groups excluding carboxylic acids is 1. The van der Waals surface area contributed by atoms with Crippen molar-refractivity contribution in [2.24, 2.45) is 0 Å². The maximum atomic E-state index is 11.8. The molecule has 1 atom stereocenters. The molecular weight excluding hydrogens is 262 g/mol. The summed E-state index contributed by atoms with van der Waals surface area (Å²) >= 11 is 5.73. The van der Waals surface area contributed by atoms with Crippen LogP contribution in [0.15, 0.2) is 12.3 Å². The first kappa shape index (κ1) is 14.3. The first-order chi connectivity index (χ1) is 8.45. The molecule has 7 nitrogen and oxygen atoms in total. The van der Waals surface area contributed by atoms with Gasteiger partial charge in [-0.1, -0.05) is 11.6 Å². The molecule has 1 unspecified atom stereocenters. The molecule has 0 aliphatic heterocycles. The number of pyridine rings is 1. The number of amides is 1. The number of rotatable bonds is 5. The van der Waals surface area contributed by atoms with Crippen LogP contribution in [0.2, 0.25) is 5.15 Å². The molecule has 0 fully saturated rings. The molecule has 0 bridgehead atoms. The van der Waals surface area contributed by atoms with Crippen LogP contribution in [0.4, 0.5) is 5.69 Å². The highest BCUT2D eigenvalue weighted by molar-refractivity contribution is 6.32. The van der Waals surface area contributed by atoms with E-state index in [1.54, 1.807) is 6.92 Å². The lowest BCUT2D eigenvalue weighted by Gasteiger charge is -2.12. The molecule has 1 aromatic rings.